The Morgan fingerprint density at radius 3 is 0.750 bits per heavy atom. The summed E-state index contributed by atoms with van der Waals surface area (Å²) < 4.78 is 9.38. The summed E-state index contributed by atoms with van der Waals surface area (Å²) >= 11 is 0. The Hall–Kier alpha value is -3.40. The highest BCUT2D eigenvalue weighted by atomic mass is 16.6. The number of ether oxygens (including phenoxy) is 2. The van der Waals surface area contributed by atoms with Crippen LogP contribution in [0.2, 0.25) is 0 Å². The van der Waals surface area contributed by atoms with Crippen LogP contribution >= 0.6 is 0 Å². The quantitative estimate of drug-likeness (QED) is 0.222. The molecule has 0 saturated carbocycles. The number of hydrogen-bond donors (Lipinski definition) is 0. The minimum atomic E-state index is -0.489. The summed E-state index contributed by atoms with van der Waals surface area (Å²) in [5, 5.41) is 0. The van der Waals surface area contributed by atoms with Crippen LogP contribution < -0.4 is 0 Å². The van der Waals surface area contributed by atoms with E-state index in [0.717, 1.165) is 0 Å². The molecule has 0 unspecified atom stereocenters. The zero-order chi connectivity index (χ0) is 25.1. The topological polar surface area (TPSA) is 52.6 Å². The first-order chi connectivity index (χ1) is 13.4. The normalized spacial score (nSPS) is 5.50. The number of carbonyl (C=O) groups excluding carboxylic acids is 2. The lowest BCUT2D eigenvalue weighted by Crippen LogP contribution is -2.14. The van der Waals surface area contributed by atoms with Crippen LogP contribution in [0.1, 0.15) is 13.8 Å². The maximum atomic E-state index is 10.8. The van der Waals surface area contributed by atoms with Gasteiger partial charge in [0.15, 0.2) is 0 Å². The molecule has 0 spiro atoms. The summed E-state index contributed by atoms with van der Waals surface area (Å²) in [5.41, 5.74) is 0.632. The molecule has 4 heteroatoms. The second-order valence-electron chi connectivity index (χ2n) is 2.83. The van der Waals surface area contributed by atoms with Crippen molar-refractivity contribution in [2.24, 2.45) is 0 Å². The highest BCUT2D eigenvalue weighted by Crippen LogP contribution is 1.94. The van der Waals surface area contributed by atoms with E-state index in [2.05, 4.69) is 115 Å². The Balaban J connectivity index is -0.0000000399. The average molecular weight is 395 g/mol. The molecule has 0 atom stereocenters. The standard InChI is InChI=1S/C10H14O4.7C2H4/c1-7(2)9(11)13-5-6-14-10(12)8(3)4;7*1-2/h1,3,5-6H2,2,4H3;7*1-2H2. The van der Waals surface area contributed by atoms with Crippen LogP contribution in [0, 0.1) is 0 Å². The van der Waals surface area contributed by atoms with Crippen LogP contribution in [0.4, 0.5) is 0 Å². The van der Waals surface area contributed by atoms with Gasteiger partial charge in [-0.25, -0.2) is 9.59 Å². The first-order valence-corrected chi connectivity index (χ1v) is 7.60. The average Bonchev–Trinajstić information content (AvgIpc) is 2.80. The molecule has 0 aliphatic carbocycles. The molecule has 0 amide bonds. The van der Waals surface area contributed by atoms with Crippen molar-refractivity contribution in [2.75, 3.05) is 13.2 Å². The molecule has 0 bridgehead atoms. The largest absolute Gasteiger partial charge is 0.459 e. The molecule has 0 fully saturated rings. The fourth-order valence-electron chi connectivity index (χ4n) is 0.515. The van der Waals surface area contributed by atoms with Gasteiger partial charge < -0.3 is 9.47 Å². The van der Waals surface area contributed by atoms with E-state index in [4.69, 9.17) is 0 Å². The van der Waals surface area contributed by atoms with E-state index in [1.807, 2.05) is 0 Å². The molecular formula is C24H42O4. The Labute approximate surface area is 175 Å². The minimum absolute atomic E-state index is 0.0325. The van der Waals surface area contributed by atoms with Gasteiger partial charge in [-0.05, 0) is 13.8 Å². The van der Waals surface area contributed by atoms with Crippen molar-refractivity contribution in [1.29, 1.82) is 0 Å². The van der Waals surface area contributed by atoms with Crippen molar-refractivity contribution >= 4 is 11.9 Å². The molecule has 4 nitrogen and oxygen atoms in total. The zero-order valence-electron chi connectivity index (χ0n) is 18.4. The second kappa shape index (κ2) is 75.9. The second-order valence-corrected chi connectivity index (χ2v) is 2.83. The number of rotatable bonds is 5. The molecule has 28 heavy (non-hydrogen) atoms. The first-order valence-electron chi connectivity index (χ1n) is 7.60. The van der Waals surface area contributed by atoms with Crippen LogP contribution in [0.5, 0.6) is 0 Å². The molecule has 0 aromatic carbocycles. The van der Waals surface area contributed by atoms with Crippen LogP contribution in [0.15, 0.2) is 116 Å². The summed E-state index contributed by atoms with van der Waals surface area (Å²) in [6.07, 6.45) is 0. The minimum Gasteiger partial charge on any atom is -0.459 e. The lowest BCUT2D eigenvalue weighted by molar-refractivity contribution is -0.147. The molecule has 0 aromatic heterocycles. The summed E-state index contributed by atoms with van der Waals surface area (Å²) in [6, 6.07) is 0. The predicted molar refractivity (Wildman–Crippen MR) is 130 cm³/mol. The Bertz CT molecular complexity index is 312. The van der Waals surface area contributed by atoms with Gasteiger partial charge in [-0.3, -0.25) is 0 Å². The maximum Gasteiger partial charge on any atom is 0.333 e. The number of hydrogen-bond acceptors (Lipinski definition) is 4. The van der Waals surface area contributed by atoms with Crippen molar-refractivity contribution < 1.29 is 19.1 Å². The molecule has 0 rings (SSSR count). The Kier molecular flexibility index (Phi) is 135. The lowest BCUT2D eigenvalue weighted by atomic mass is 10.4. The van der Waals surface area contributed by atoms with E-state index in [1.54, 1.807) is 13.8 Å². The van der Waals surface area contributed by atoms with E-state index in [1.165, 1.54) is 0 Å². The molecule has 0 aromatic rings. The highest BCUT2D eigenvalue weighted by Gasteiger charge is 2.05. The third-order valence-corrected chi connectivity index (χ3v) is 1.25. The van der Waals surface area contributed by atoms with Gasteiger partial charge in [0.1, 0.15) is 13.2 Å². The van der Waals surface area contributed by atoms with E-state index >= 15 is 0 Å². The van der Waals surface area contributed by atoms with Gasteiger partial charge >= 0.3 is 11.9 Å². The maximum absolute atomic E-state index is 10.8. The summed E-state index contributed by atoms with van der Waals surface area (Å²) in [5.74, 6) is -0.979. The van der Waals surface area contributed by atoms with Crippen LogP contribution in [-0.4, -0.2) is 25.2 Å². The van der Waals surface area contributed by atoms with Gasteiger partial charge in [0.2, 0.25) is 0 Å². The van der Waals surface area contributed by atoms with Gasteiger partial charge in [-0.1, -0.05) is 13.2 Å². The SMILES string of the molecule is C=C.C=C.C=C.C=C.C=C.C=C.C=C.C=C(C)C(=O)OCCOC(=O)C(=C)C. The monoisotopic (exact) mass is 394 g/mol. The van der Waals surface area contributed by atoms with Crippen molar-refractivity contribution in [3.8, 4) is 0 Å². The Morgan fingerprint density at radius 1 is 0.500 bits per heavy atom. The van der Waals surface area contributed by atoms with Gasteiger partial charge in [0.05, 0.1) is 0 Å². The van der Waals surface area contributed by atoms with Crippen molar-refractivity contribution in [3.05, 3.63) is 116 Å². The van der Waals surface area contributed by atoms with E-state index in [-0.39, 0.29) is 13.2 Å². The van der Waals surface area contributed by atoms with E-state index in [0.29, 0.717) is 11.1 Å². The van der Waals surface area contributed by atoms with E-state index in [9.17, 15) is 9.59 Å². The van der Waals surface area contributed by atoms with Gasteiger partial charge in [0.25, 0.3) is 0 Å². The fraction of sp³-hybridized carbons (Fsp3) is 0.167. The summed E-state index contributed by atoms with van der Waals surface area (Å²) in [6.45, 7) is 52.0. The summed E-state index contributed by atoms with van der Waals surface area (Å²) in [7, 11) is 0. The first kappa shape index (κ1) is 49.7. The highest BCUT2D eigenvalue weighted by molar-refractivity contribution is 5.87. The smallest absolute Gasteiger partial charge is 0.333 e. The third-order valence-electron chi connectivity index (χ3n) is 1.25. The van der Waals surface area contributed by atoms with Crippen LogP contribution in [-0.2, 0) is 19.1 Å². The number of esters is 2. The molecular weight excluding hydrogens is 352 g/mol. The van der Waals surface area contributed by atoms with E-state index < -0.39 is 11.9 Å². The van der Waals surface area contributed by atoms with Crippen LogP contribution in [0.3, 0.4) is 0 Å². The summed E-state index contributed by atoms with van der Waals surface area (Å²) in [4.78, 5) is 21.7. The Morgan fingerprint density at radius 2 is 0.643 bits per heavy atom. The van der Waals surface area contributed by atoms with Crippen molar-refractivity contribution in [1.82, 2.24) is 0 Å². The molecule has 0 heterocycles. The van der Waals surface area contributed by atoms with Crippen LogP contribution in [0.25, 0.3) is 0 Å². The molecule has 0 radical (unpaired) electrons. The molecule has 0 aliphatic rings. The zero-order valence-corrected chi connectivity index (χ0v) is 18.4. The fourth-order valence-corrected chi connectivity index (χ4v) is 0.515. The predicted octanol–water partition coefficient (Wildman–Crippen LogP) is 6.84. The lowest BCUT2D eigenvalue weighted by Gasteiger charge is -2.05. The van der Waals surface area contributed by atoms with Gasteiger partial charge in [-0.2, -0.15) is 0 Å². The third kappa shape index (κ3) is 78.4. The van der Waals surface area contributed by atoms with Gasteiger partial charge in [-0.15, -0.1) is 92.1 Å². The number of carbonyl (C=O) groups is 2. The molecule has 0 N–H and O–H groups in total. The molecule has 0 aliphatic heterocycles. The molecule has 0 saturated heterocycles. The van der Waals surface area contributed by atoms with Gasteiger partial charge in [0, 0.05) is 11.1 Å². The van der Waals surface area contributed by atoms with Crippen molar-refractivity contribution in [3.63, 3.8) is 0 Å². The van der Waals surface area contributed by atoms with Crippen molar-refractivity contribution in [2.45, 2.75) is 13.8 Å². The molecule has 162 valence electrons.